The quantitative estimate of drug-likeness (QED) is 0.152. The third-order valence-electron chi connectivity index (χ3n) is 7.53. The van der Waals surface area contributed by atoms with Crippen molar-refractivity contribution in [3.8, 4) is 23.0 Å². The summed E-state index contributed by atoms with van der Waals surface area (Å²) in [6, 6.07) is 23.3. The van der Waals surface area contributed by atoms with Crippen LogP contribution in [0, 0.1) is 0 Å². The zero-order valence-electron chi connectivity index (χ0n) is 26.1. The van der Waals surface area contributed by atoms with Crippen LogP contribution in [0.3, 0.4) is 0 Å². The Labute approximate surface area is 277 Å². The van der Waals surface area contributed by atoms with Crippen LogP contribution in [0.25, 0.3) is 10.9 Å². The summed E-state index contributed by atoms with van der Waals surface area (Å²) in [6.07, 6.45) is -0.127. The topological polar surface area (TPSA) is 119 Å². The lowest BCUT2D eigenvalue weighted by Gasteiger charge is -2.23. The summed E-state index contributed by atoms with van der Waals surface area (Å²) in [5.74, 6) is 1.38. The summed E-state index contributed by atoms with van der Waals surface area (Å²) in [6.45, 7) is 0.0531. The zero-order chi connectivity index (χ0) is 34.5. The number of nitrogens with zero attached hydrogens (tertiary/aromatic N) is 3. The summed E-state index contributed by atoms with van der Waals surface area (Å²) in [7, 11) is 3.07. The second-order valence-corrected chi connectivity index (χ2v) is 10.7. The molecule has 1 amide bonds. The Bertz CT molecular complexity index is 2160. The molecular weight excluding hydrogens is 639 g/mol. The first-order valence-corrected chi connectivity index (χ1v) is 14.8. The molecule has 3 aromatic heterocycles. The Hall–Kier alpha value is -6.37. The molecule has 0 spiro atoms. The second-order valence-electron chi connectivity index (χ2n) is 10.7. The van der Waals surface area contributed by atoms with Gasteiger partial charge in [0.15, 0.2) is 11.5 Å². The summed E-state index contributed by atoms with van der Waals surface area (Å²) in [5.41, 5.74) is -0.0531. The lowest BCUT2D eigenvalue weighted by Crippen LogP contribution is -2.35. The fourth-order valence-electron chi connectivity index (χ4n) is 5.11. The molecule has 0 bridgehead atoms. The minimum atomic E-state index is -4.51. The van der Waals surface area contributed by atoms with Gasteiger partial charge in [0, 0.05) is 29.5 Å². The number of ether oxygens (including phenoxy) is 3. The molecule has 0 saturated heterocycles. The Kier molecular flexibility index (Phi) is 9.16. The predicted molar refractivity (Wildman–Crippen MR) is 178 cm³/mol. The monoisotopic (exact) mass is 667 g/mol. The molecule has 248 valence electrons. The Morgan fingerprint density at radius 1 is 0.878 bits per heavy atom. The van der Waals surface area contributed by atoms with Gasteiger partial charge in [0.25, 0.3) is 11.5 Å². The van der Waals surface area contributed by atoms with Crippen molar-refractivity contribution in [3.05, 3.63) is 137 Å². The van der Waals surface area contributed by atoms with E-state index < -0.39 is 23.2 Å². The molecule has 3 aromatic carbocycles. The minimum absolute atomic E-state index is 0.0531. The molecule has 13 heteroatoms. The highest BCUT2D eigenvalue weighted by Gasteiger charge is 2.30. The third-order valence-corrected chi connectivity index (χ3v) is 7.53. The number of aromatic amines is 1. The number of methoxy groups -OCH3 is 2. The van der Waals surface area contributed by atoms with Crippen molar-refractivity contribution in [2.45, 2.75) is 12.7 Å². The number of fused-ring (bicyclic) bond motifs is 1. The Morgan fingerprint density at radius 3 is 2.29 bits per heavy atom. The third kappa shape index (κ3) is 7.15. The lowest BCUT2D eigenvalue weighted by atomic mass is 10.1. The maximum atomic E-state index is 14.2. The van der Waals surface area contributed by atoms with Crippen LogP contribution in [-0.2, 0) is 12.7 Å². The van der Waals surface area contributed by atoms with E-state index in [2.05, 4.69) is 20.3 Å². The highest BCUT2D eigenvalue weighted by Crippen LogP contribution is 2.37. The maximum absolute atomic E-state index is 14.2. The number of halogens is 3. The molecule has 0 aliphatic rings. The van der Waals surface area contributed by atoms with Crippen LogP contribution in [0.5, 0.6) is 23.0 Å². The number of hydrogen-bond acceptors (Lipinski definition) is 8. The van der Waals surface area contributed by atoms with E-state index in [4.69, 9.17) is 14.2 Å². The molecular formula is C36H28F3N5O5. The van der Waals surface area contributed by atoms with Crippen molar-refractivity contribution < 1.29 is 32.2 Å². The number of rotatable bonds is 10. The molecule has 0 radical (unpaired) electrons. The van der Waals surface area contributed by atoms with E-state index in [1.54, 1.807) is 36.5 Å². The number of alkyl halides is 3. The largest absolute Gasteiger partial charge is 0.493 e. The van der Waals surface area contributed by atoms with Crippen molar-refractivity contribution in [2.24, 2.45) is 0 Å². The minimum Gasteiger partial charge on any atom is -0.493 e. The molecule has 0 aliphatic carbocycles. The van der Waals surface area contributed by atoms with Crippen LogP contribution >= 0.6 is 0 Å². The number of pyridine rings is 3. The molecule has 6 rings (SSSR count). The standard InChI is InChI=1S/C36H28F3N5O5/c1-47-30-18-26-28(19-31(30)48-2)40-17-15-29(26)49-25-12-13-32(42-20-25)44(21-22-6-4-3-5-7-22)35(46)33-27(14-16-41-34(33)45)43-24-10-8-23(9-11-24)36(37,38)39/h3-20H,21H2,1-2H3,(H2,41,43,45). The fraction of sp³-hybridized carbons (Fsp3) is 0.111. The van der Waals surface area contributed by atoms with Gasteiger partial charge in [-0.2, -0.15) is 13.2 Å². The smallest absolute Gasteiger partial charge is 0.416 e. The van der Waals surface area contributed by atoms with Crippen LogP contribution in [0.1, 0.15) is 21.5 Å². The van der Waals surface area contributed by atoms with E-state index in [1.807, 2.05) is 30.3 Å². The molecule has 0 aliphatic heterocycles. The van der Waals surface area contributed by atoms with Crippen molar-refractivity contribution in [2.75, 3.05) is 24.4 Å². The van der Waals surface area contributed by atoms with E-state index in [9.17, 15) is 22.8 Å². The highest BCUT2D eigenvalue weighted by molar-refractivity contribution is 6.09. The van der Waals surface area contributed by atoms with Crippen LogP contribution in [0.2, 0.25) is 0 Å². The van der Waals surface area contributed by atoms with E-state index in [0.717, 1.165) is 17.7 Å². The van der Waals surface area contributed by atoms with Gasteiger partial charge in [-0.15, -0.1) is 0 Å². The Morgan fingerprint density at radius 2 is 1.61 bits per heavy atom. The number of hydrogen-bond donors (Lipinski definition) is 2. The summed E-state index contributed by atoms with van der Waals surface area (Å²) in [5, 5.41) is 3.58. The number of carbonyl (C=O) groups excluding carboxylic acids is 1. The highest BCUT2D eigenvalue weighted by atomic mass is 19.4. The van der Waals surface area contributed by atoms with Crippen LogP contribution < -0.4 is 30.0 Å². The predicted octanol–water partition coefficient (Wildman–Crippen LogP) is 7.74. The van der Waals surface area contributed by atoms with Crippen LogP contribution in [0.15, 0.2) is 114 Å². The van der Waals surface area contributed by atoms with E-state index in [0.29, 0.717) is 33.9 Å². The molecule has 0 saturated carbocycles. The summed E-state index contributed by atoms with van der Waals surface area (Å²) in [4.78, 5) is 40.1. The van der Waals surface area contributed by atoms with Gasteiger partial charge in [-0.25, -0.2) is 4.98 Å². The maximum Gasteiger partial charge on any atom is 0.416 e. The average molecular weight is 668 g/mol. The number of H-pyrrole nitrogens is 1. The van der Waals surface area contributed by atoms with Gasteiger partial charge < -0.3 is 24.5 Å². The number of amides is 1. The number of nitrogens with one attached hydrogen (secondary N) is 2. The summed E-state index contributed by atoms with van der Waals surface area (Å²) < 4.78 is 56.3. The molecule has 3 heterocycles. The molecule has 0 unspecified atom stereocenters. The van der Waals surface area contributed by atoms with Crippen molar-refractivity contribution >= 4 is 34.0 Å². The van der Waals surface area contributed by atoms with Gasteiger partial charge in [0.2, 0.25) is 0 Å². The normalized spacial score (nSPS) is 11.2. The van der Waals surface area contributed by atoms with Gasteiger partial charge >= 0.3 is 6.18 Å². The first-order chi connectivity index (χ1) is 23.6. The average Bonchev–Trinajstić information content (AvgIpc) is 3.10. The van der Waals surface area contributed by atoms with Gasteiger partial charge in [-0.3, -0.25) is 19.5 Å². The number of benzene rings is 3. The van der Waals surface area contributed by atoms with Crippen molar-refractivity contribution in [1.29, 1.82) is 0 Å². The van der Waals surface area contributed by atoms with Gasteiger partial charge in [0.1, 0.15) is 22.9 Å². The van der Waals surface area contributed by atoms with Crippen LogP contribution in [-0.4, -0.2) is 35.1 Å². The molecule has 49 heavy (non-hydrogen) atoms. The summed E-state index contributed by atoms with van der Waals surface area (Å²) >= 11 is 0. The molecule has 0 atom stereocenters. The first kappa shape index (κ1) is 32.6. The Balaban J connectivity index is 1.32. The number of anilines is 3. The van der Waals surface area contributed by atoms with Gasteiger partial charge in [0.05, 0.1) is 43.7 Å². The SMILES string of the molecule is COc1cc2nccc(Oc3ccc(N(Cc4ccccc4)C(=O)c4c(Nc5ccc(C(F)(F)F)cc5)cc[nH]c4=O)nc3)c2cc1OC. The van der Waals surface area contributed by atoms with E-state index in [-0.39, 0.29) is 29.3 Å². The molecule has 0 fully saturated rings. The van der Waals surface area contributed by atoms with Gasteiger partial charge in [-0.1, -0.05) is 30.3 Å². The number of aromatic nitrogens is 3. The van der Waals surface area contributed by atoms with Crippen LogP contribution in [0.4, 0.5) is 30.4 Å². The zero-order valence-corrected chi connectivity index (χ0v) is 26.1. The molecule has 6 aromatic rings. The molecule has 10 nitrogen and oxygen atoms in total. The molecule has 2 N–H and O–H groups in total. The first-order valence-electron chi connectivity index (χ1n) is 14.8. The van der Waals surface area contributed by atoms with E-state index in [1.165, 1.54) is 49.7 Å². The van der Waals surface area contributed by atoms with Crippen molar-refractivity contribution in [3.63, 3.8) is 0 Å². The van der Waals surface area contributed by atoms with Gasteiger partial charge in [-0.05, 0) is 60.2 Å². The fourth-order valence-corrected chi connectivity index (χ4v) is 5.11. The van der Waals surface area contributed by atoms with Crippen molar-refractivity contribution in [1.82, 2.24) is 15.0 Å². The van der Waals surface area contributed by atoms with E-state index >= 15 is 0 Å². The lowest BCUT2D eigenvalue weighted by molar-refractivity contribution is -0.137. The number of carbonyl (C=O) groups is 1. The second kappa shape index (κ2) is 13.8.